The molecule has 0 aliphatic carbocycles. The highest BCUT2D eigenvalue weighted by atomic mass is 16.6. The van der Waals surface area contributed by atoms with Crippen LogP contribution in [0, 0.1) is 0 Å². The Balaban J connectivity index is 4.91. The van der Waals surface area contributed by atoms with Gasteiger partial charge < -0.3 is 15.2 Å². The molecule has 5 heteroatoms. The third kappa shape index (κ3) is 5.69. The average Bonchev–Trinajstić information content (AvgIpc) is 2.25. The minimum Gasteiger partial charge on any atom is -0.444 e. The second-order valence-electron chi connectivity index (χ2n) is 5.49. The van der Waals surface area contributed by atoms with Crippen molar-refractivity contribution in [1.29, 1.82) is 0 Å². The highest BCUT2D eigenvalue weighted by Crippen LogP contribution is 2.16. The van der Waals surface area contributed by atoms with Gasteiger partial charge in [0.2, 0.25) is 0 Å². The van der Waals surface area contributed by atoms with Crippen LogP contribution in [0.2, 0.25) is 0 Å². The molecule has 0 aromatic rings. The first-order valence-corrected chi connectivity index (χ1v) is 6.47. The van der Waals surface area contributed by atoms with Crippen LogP contribution in [0.1, 0.15) is 41.0 Å². The van der Waals surface area contributed by atoms with Crippen LogP contribution in [-0.2, 0) is 9.47 Å². The monoisotopic (exact) mass is 260 g/mol. The van der Waals surface area contributed by atoms with Gasteiger partial charge >= 0.3 is 6.09 Å². The maximum Gasteiger partial charge on any atom is 0.410 e. The molecule has 0 saturated heterocycles. The smallest absolute Gasteiger partial charge is 0.410 e. The van der Waals surface area contributed by atoms with Gasteiger partial charge in [0, 0.05) is 19.7 Å². The molecule has 0 aliphatic rings. The van der Waals surface area contributed by atoms with Crippen LogP contribution in [0.5, 0.6) is 0 Å². The van der Waals surface area contributed by atoms with Crippen molar-refractivity contribution in [2.45, 2.75) is 58.7 Å². The van der Waals surface area contributed by atoms with Gasteiger partial charge in [0.05, 0.1) is 12.6 Å². The van der Waals surface area contributed by atoms with Gasteiger partial charge in [-0.3, -0.25) is 4.90 Å². The second-order valence-corrected chi connectivity index (χ2v) is 5.49. The van der Waals surface area contributed by atoms with E-state index in [1.807, 2.05) is 34.6 Å². The van der Waals surface area contributed by atoms with Crippen molar-refractivity contribution in [1.82, 2.24) is 4.90 Å². The molecule has 0 aromatic carbocycles. The lowest BCUT2D eigenvalue weighted by atomic mass is 10.1. The fourth-order valence-electron chi connectivity index (χ4n) is 1.65. The van der Waals surface area contributed by atoms with E-state index in [1.165, 1.54) is 0 Å². The van der Waals surface area contributed by atoms with Gasteiger partial charge in [0.1, 0.15) is 5.60 Å². The fourth-order valence-corrected chi connectivity index (χ4v) is 1.65. The van der Waals surface area contributed by atoms with E-state index in [-0.39, 0.29) is 18.2 Å². The van der Waals surface area contributed by atoms with Gasteiger partial charge in [-0.1, -0.05) is 6.92 Å². The molecule has 0 rings (SSSR count). The third-order valence-corrected chi connectivity index (χ3v) is 2.69. The summed E-state index contributed by atoms with van der Waals surface area (Å²) in [4.78, 5) is 13.9. The zero-order valence-corrected chi connectivity index (χ0v) is 12.5. The summed E-state index contributed by atoms with van der Waals surface area (Å²) in [7, 11) is 1.60. The number of rotatable bonds is 6. The van der Waals surface area contributed by atoms with Gasteiger partial charge in [-0.05, 0) is 34.1 Å². The van der Waals surface area contributed by atoms with Crippen LogP contribution in [-0.4, -0.2) is 48.9 Å². The Bertz CT molecular complexity index is 251. The maximum absolute atomic E-state index is 12.2. The summed E-state index contributed by atoms with van der Waals surface area (Å²) in [5, 5.41) is 0. The van der Waals surface area contributed by atoms with E-state index in [0.717, 1.165) is 6.42 Å². The van der Waals surface area contributed by atoms with Crippen LogP contribution >= 0.6 is 0 Å². The highest BCUT2D eigenvalue weighted by molar-refractivity contribution is 5.69. The molecule has 0 bridgehead atoms. The Hall–Kier alpha value is -0.810. The summed E-state index contributed by atoms with van der Waals surface area (Å²) in [6, 6.07) is -0.0802. The number of nitrogens with zero attached hydrogens (tertiary/aromatic N) is 1. The first-order valence-electron chi connectivity index (χ1n) is 6.47. The molecule has 0 saturated carbocycles. The van der Waals surface area contributed by atoms with Crippen LogP contribution in [0.4, 0.5) is 4.79 Å². The van der Waals surface area contributed by atoms with E-state index in [1.54, 1.807) is 12.0 Å². The van der Waals surface area contributed by atoms with Crippen molar-refractivity contribution >= 4 is 6.09 Å². The van der Waals surface area contributed by atoms with E-state index in [2.05, 4.69) is 0 Å². The number of hydrogen-bond acceptors (Lipinski definition) is 4. The third-order valence-electron chi connectivity index (χ3n) is 2.69. The minimum atomic E-state index is -0.505. The lowest BCUT2D eigenvalue weighted by Crippen LogP contribution is -2.52. The van der Waals surface area contributed by atoms with E-state index in [0.29, 0.717) is 13.2 Å². The van der Waals surface area contributed by atoms with Gasteiger partial charge in [-0.15, -0.1) is 0 Å². The molecule has 0 aromatic heterocycles. The molecule has 5 nitrogen and oxygen atoms in total. The number of nitrogens with two attached hydrogens (primary N) is 1. The van der Waals surface area contributed by atoms with Crippen LogP contribution in [0.3, 0.4) is 0 Å². The number of carbonyl (C=O) groups excluding carboxylic acids is 1. The first-order chi connectivity index (χ1) is 8.26. The second kappa shape index (κ2) is 7.59. The van der Waals surface area contributed by atoms with Crippen molar-refractivity contribution in [3.63, 3.8) is 0 Å². The Morgan fingerprint density at radius 1 is 1.39 bits per heavy atom. The van der Waals surface area contributed by atoms with Crippen molar-refractivity contribution < 1.29 is 14.3 Å². The summed E-state index contributed by atoms with van der Waals surface area (Å²) in [6.45, 7) is 10.4. The van der Waals surface area contributed by atoms with E-state index in [4.69, 9.17) is 15.2 Å². The Morgan fingerprint density at radius 3 is 2.28 bits per heavy atom. The zero-order valence-electron chi connectivity index (χ0n) is 12.5. The van der Waals surface area contributed by atoms with Gasteiger partial charge in [0.25, 0.3) is 0 Å². The Kier molecular flexibility index (Phi) is 7.25. The van der Waals surface area contributed by atoms with Crippen molar-refractivity contribution in [3.05, 3.63) is 0 Å². The minimum absolute atomic E-state index is 0.0727. The van der Waals surface area contributed by atoms with E-state index < -0.39 is 5.60 Å². The number of methoxy groups -OCH3 is 1. The van der Waals surface area contributed by atoms with Crippen LogP contribution < -0.4 is 5.73 Å². The number of carbonyl (C=O) groups is 1. The summed E-state index contributed by atoms with van der Waals surface area (Å²) in [5.74, 6) is 0. The molecule has 0 spiro atoms. The molecule has 2 atom stereocenters. The fraction of sp³-hybridized carbons (Fsp3) is 0.923. The van der Waals surface area contributed by atoms with Crippen molar-refractivity contribution in [2.75, 3.05) is 20.3 Å². The predicted octanol–water partition coefficient (Wildman–Crippen LogP) is 2.00. The number of ether oxygens (including phenoxy) is 2. The lowest BCUT2D eigenvalue weighted by Gasteiger charge is -2.36. The average molecular weight is 260 g/mol. The maximum atomic E-state index is 12.2. The SMILES string of the molecule is CCC(C)N(C(=O)OC(C)(C)C)C(CN)COC. The number of amides is 1. The van der Waals surface area contributed by atoms with Crippen molar-refractivity contribution in [2.24, 2.45) is 5.73 Å². The predicted molar refractivity (Wildman–Crippen MR) is 72.5 cm³/mol. The zero-order chi connectivity index (χ0) is 14.3. The molecule has 108 valence electrons. The highest BCUT2D eigenvalue weighted by Gasteiger charge is 2.30. The van der Waals surface area contributed by atoms with Gasteiger partial charge in [-0.2, -0.15) is 0 Å². The molecule has 18 heavy (non-hydrogen) atoms. The molecular weight excluding hydrogens is 232 g/mol. The first kappa shape index (κ1) is 17.2. The van der Waals surface area contributed by atoms with Gasteiger partial charge in [-0.25, -0.2) is 4.79 Å². The lowest BCUT2D eigenvalue weighted by molar-refractivity contribution is -0.00377. The summed E-state index contributed by atoms with van der Waals surface area (Å²) in [6.07, 6.45) is 0.517. The molecule has 0 aliphatic heterocycles. The molecule has 0 fully saturated rings. The Morgan fingerprint density at radius 2 is 1.94 bits per heavy atom. The molecule has 1 amide bonds. The standard InChI is InChI=1S/C13H28N2O3/c1-7-10(2)15(11(8-14)9-17-6)12(16)18-13(3,4)5/h10-11H,7-9,14H2,1-6H3. The topological polar surface area (TPSA) is 64.8 Å². The van der Waals surface area contributed by atoms with E-state index in [9.17, 15) is 4.79 Å². The van der Waals surface area contributed by atoms with Crippen LogP contribution in [0.15, 0.2) is 0 Å². The summed E-state index contributed by atoms with van der Waals surface area (Å²) >= 11 is 0. The molecular formula is C13H28N2O3. The largest absolute Gasteiger partial charge is 0.444 e. The molecule has 2 unspecified atom stereocenters. The molecule has 0 radical (unpaired) electrons. The van der Waals surface area contributed by atoms with E-state index >= 15 is 0 Å². The van der Waals surface area contributed by atoms with Crippen molar-refractivity contribution in [3.8, 4) is 0 Å². The quantitative estimate of drug-likeness (QED) is 0.793. The summed E-state index contributed by atoms with van der Waals surface area (Å²) < 4.78 is 10.5. The molecule has 0 heterocycles. The Labute approximate surface area is 111 Å². The van der Waals surface area contributed by atoms with Crippen LogP contribution in [0.25, 0.3) is 0 Å². The summed E-state index contributed by atoms with van der Waals surface area (Å²) in [5.41, 5.74) is 5.22. The van der Waals surface area contributed by atoms with Gasteiger partial charge in [0.15, 0.2) is 0 Å². The number of hydrogen-bond donors (Lipinski definition) is 1. The normalized spacial score (nSPS) is 15.1. The molecule has 2 N–H and O–H groups in total.